The molecular formula is C42H70O7. The molecule has 0 aliphatic heterocycles. The molecular weight excluding hydrogens is 616 g/mol. The highest BCUT2D eigenvalue weighted by Gasteiger charge is 2.11. The van der Waals surface area contributed by atoms with Crippen LogP contribution in [0.1, 0.15) is 143 Å². The standard InChI is InChI=1S/C42H70O7/c1-4-6-21-29-38(43)31-24-19-20-25-32-39(44)30-23-16-13-14-18-27-34-42(47)49-36-40(45)35-48-41(46)33-26-17-12-10-8-7-9-11-15-22-28-37(3)5-2/h6,14,16,18-21,23-25,31-32,37-40,43-45H,4-5,7-13,15,17,22,26-30,33-36H2,1-3H3/b18-14-,20-19-,21-6-,23-16-,31-24+,32-25+/t37?,38-,39+,40-/m1/s1. The maximum absolute atomic E-state index is 11.9. The number of rotatable bonds is 32. The number of aliphatic hydroxyl groups is 3. The molecule has 0 amide bonds. The molecule has 0 aromatic carbocycles. The molecule has 0 saturated carbocycles. The second kappa shape index (κ2) is 35.1. The van der Waals surface area contributed by atoms with Gasteiger partial charge in [0.05, 0.1) is 12.2 Å². The van der Waals surface area contributed by atoms with Crippen molar-refractivity contribution in [3.05, 3.63) is 72.9 Å². The van der Waals surface area contributed by atoms with E-state index in [0.717, 1.165) is 31.6 Å². The lowest BCUT2D eigenvalue weighted by Crippen LogP contribution is -2.25. The molecule has 0 saturated heterocycles. The molecule has 1 unspecified atom stereocenters. The predicted molar refractivity (Wildman–Crippen MR) is 203 cm³/mol. The van der Waals surface area contributed by atoms with Gasteiger partial charge in [0.25, 0.3) is 0 Å². The first-order valence-corrected chi connectivity index (χ1v) is 19.1. The highest BCUT2D eigenvalue weighted by Crippen LogP contribution is 2.15. The van der Waals surface area contributed by atoms with E-state index in [1.165, 1.54) is 57.8 Å². The van der Waals surface area contributed by atoms with Crippen LogP contribution in [0.25, 0.3) is 0 Å². The van der Waals surface area contributed by atoms with Crippen LogP contribution in [0.5, 0.6) is 0 Å². The molecule has 0 aliphatic rings. The smallest absolute Gasteiger partial charge is 0.306 e. The van der Waals surface area contributed by atoms with E-state index in [1.807, 2.05) is 48.6 Å². The van der Waals surface area contributed by atoms with Gasteiger partial charge in [-0.05, 0) is 44.4 Å². The summed E-state index contributed by atoms with van der Waals surface area (Å²) in [5.74, 6) is 0.132. The van der Waals surface area contributed by atoms with E-state index in [9.17, 15) is 24.9 Å². The summed E-state index contributed by atoms with van der Waals surface area (Å²) >= 11 is 0. The van der Waals surface area contributed by atoms with Gasteiger partial charge in [-0.15, -0.1) is 0 Å². The number of allylic oxidation sites excluding steroid dienone is 8. The number of hydrogen-bond donors (Lipinski definition) is 3. The summed E-state index contributed by atoms with van der Waals surface area (Å²) in [6.45, 7) is 6.30. The zero-order chi connectivity index (χ0) is 36.2. The zero-order valence-corrected chi connectivity index (χ0v) is 31.1. The minimum Gasteiger partial charge on any atom is -0.463 e. The number of esters is 2. The van der Waals surface area contributed by atoms with E-state index in [2.05, 4.69) is 20.8 Å². The summed E-state index contributed by atoms with van der Waals surface area (Å²) in [4.78, 5) is 23.9. The Bertz CT molecular complexity index is 962. The summed E-state index contributed by atoms with van der Waals surface area (Å²) in [6.07, 6.45) is 38.8. The lowest BCUT2D eigenvalue weighted by molar-refractivity contribution is -0.152. The van der Waals surface area contributed by atoms with Gasteiger partial charge < -0.3 is 24.8 Å². The van der Waals surface area contributed by atoms with Gasteiger partial charge in [-0.3, -0.25) is 9.59 Å². The first-order chi connectivity index (χ1) is 23.8. The van der Waals surface area contributed by atoms with E-state index in [1.54, 1.807) is 24.3 Å². The van der Waals surface area contributed by atoms with E-state index in [4.69, 9.17) is 9.47 Å². The van der Waals surface area contributed by atoms with E-state index in [0.29, 0.717) is 32.1 Å². The number of unbranched alkanes of at least 4 members (excludes halogenated alkanes) is 9. The summed E-state index contributed by atoms with van der Waals surface area (Å²) < 4.78 is 10.2. The Kier molecular flexibility index (Phi) is 33.1. The maximum atomic E-state index is 11.9. The van der Waals surface area contributed by atoms with Gasteiger partial charge in [0.15, 0.2) is 0 Å². The molecule has 0 aliphatic carbocycles. The largest absolute Gasteiger partial charge is 0.463 e. The average Bonchev–Trinajstić information content (AvgIpc) is 3.09. The number of carbonyl (C=O) groups excluding carboxylic acids is 2. The van der Waals surface area contributed by atoms with Gasteiger partial charge in [0.2, 0.25) is 0 Å². The Morgan fingerprint density at radius 3 is 1.63 bits per heavy atom. The molecule has 0 rings (SSSR count). The molecule has 0 aromatic rings. The SMILES string of the molecule is CC/C=C\C[C@@H](O)/C=C/C=C\C=C\[C@@H](O)C/C=C\C/C=C\CCC(=O)OC[C@H](O)COC(=O)CCCCCCCCCCCCC(C)CC. The van der Waals surface area contributed by atoms with Crippen LogP contribution in [0.4, 0.5) is 0 Å². The van der Waals surface area contributed by atoms with Crippen molar-refractivity contribution >= 4 is 11.9 Å². The van der Waals surface area contributed by atoms with Gasteiger partial charge in [-0.25, -0.2) is 0 Å². The third kappa shape index (κ3) is 34.9. The molecule has 0 heterocycles. The van der Waals surface area contributed by atoms with Gasteiger partial charge in [-0.1, -0.05) is 164 Å². The van der Waals surface area contributed by atoms with Crippen molar-refractivity contribution in [2.45, 2.75) is 161 Å². The van der Waals surface area contributed by atoms with Crippen molar-refractivity contribution in [1.29, 1.82) is 0 Å². The Labute approximate surface area is 298 Å². The van der Waals surface area contributed by atoms with Gasteiger partial charge in [0, 0.05) is 12.8 Å². The Morgan fingerprint density at radius 1 is 0.592 bits per heavy atom. The normalized spacial score (nSPS) is 15.0. The molecule has 0 fully saturated rings. The Hall–Kier alpha value is -2.74. The molecule has 7 nitrogen and oxygen atoms in total. The molecule has 7 heteroatoms. The fraction of sp³-hybridized carbons (Fsp3) is 0.667. The van der Waals surface area contributed by atoms with Crippen molar-refractivity contribution < 1.29 is 34.4 Å². The van der Waals surface area contributed by atoms with Crippen LogP contribution in [0.2, 0.25) is 0 Å². The lowest BCUT2D eigenvalue weighted by atomic mass is 9.99. The van der Waals surface area contributed by atoms with Crippen LogP contribution in [0, 0.1) is 5.92 Å². The summed E-state index contributed by atoms with van der Waals surface area (Å²) in [7, 11) is 0. The first kappa shape index (κ1) is 46.3. The van der Waals surface area contributed by atoms with Crippen molar-refractivity contribution in [2.24, 2.45) is 5.92 Å². The van der Waals surface area contributed by atoms with Crippen LogP contribution >= 0.6 is 0 Å². The van der Waals surface area contributed by atoms with Crippen LogP contribution in [-0.4, -0.2) is 58.8 Å². The van der Waals surface area contributed by atoms with Crippen LogP contribution in [0.3, 0.4) is 0 Å². The minimum absolute atomic E-state index is 0.170. The van der Waals surface area contributed by atoms with Gasteiger partial charge >= 0.3 is 11.9 Å². The molecule has 0 radical (unpaired) electrons. The topological polar surface area (TPSA) is 113 Å². The Balaban J connectivity index is 3.74. The van der Waals surface area contributed by atoms with E-state index in [-0.39, 0.29) is 25.6 Å². The monoisotopic (exact) mass is 687 g/mol. The fourth-order valence-corrected chi connectivity index (χ4v) is 4.85. The number of hydrogen-bond acceptors (Lipinski definition) is 7. The fourth-order valence-electron chi connectivity index (χ4n) is 4.85. The number of ether oxygens (including phenoxy) is 2. The highest BCUT2D eigenvalue weighted by molar-refractivity contribution is 5.70. The van der Waals surface area contributed by atoms with Crippen molar-refractivity contribution in [1.82, 2.24) is 0 Å². The molecule has 0 bridgehead atoms. The van der Waals surface area contributed by atoms with E-state index >= 15 is 0 Å². The van der Waals surface area contributed by atoms with Crippen molar-refractivity contribution in [3.8, 4) is 0 Å². The maximum Gasteiger partial charge on any atom is 0.306 e. The summed E-state index contributed by atoms with van der Waals surface area (Å²) in [5, 5.41) is 29.8. The zero-order valence-electron chi connectivity index (χ0n) is 31.1. The van der Waals surface area contributed by atoms with Gasteiger partial charge in [0.1, 0.15) is 19.3 Å². The lowest BCUT2D eigenvalue weighted by Gasteiger charge is -2.12. The quantitative estimate of drug-likeness (QED) is 0.0280. The van der Waals surface area contributed by atoms with E-state index < -0.39 is 24.3 Å². The van der Waals surface area contributed by atoms with Crippen LogP contribution in [-0.2, 0) is 19.1 Å². The molecule has 49 heavy (non-hydrogen) atoms. The van der Waals surface area contributed by atoms with Gasteiger partial charge in [-0.2, -0.15) is 0 Å². The third-order valence-electron chi connectivity index (χ3n) is 8.18. The Morgan fingerprint density at radius 2 is 1.08 bits per heavy atom. The van der Waals surface area contributed by atoms with Crippen LogP contribution in [0.15, 0.2) is 72.9 Å². The third-order valence-corrected chi connectivity index (χ3v) is 8.18. The molecule has 280 valence electrons. The molecule has 4 atom stereocenters. The second-order valence-corrected chi connectivity index (χ2v) is 13.0. The van der Waals surface area contributed by atoms with Crippen molar-refractivity contribution in [2.75, 3.05) is 13.2 Å². The number of aliphatic hydroxyl groups excluding tert-OH is 3. The minimum atomic E-state index is -1.03. The summed E-state index contributed by atoms with van der Waals surface area (Å²) in [5.41, 5.74) is 0. The summed E-state index contributed by atoms with van der Waals surface area (Å²) in [6, 6.07) is 0. The number of carbonyl (C=O) groups is 2. The predicted octanol–water partition coefficient (Wildman–Crippen LogP) is 9.58. The van der Waals surface area contributed by atoms with Crippen molar-refractivity contribution in [3.63, 3.8) is 0 Å². The van der Waals surface area contributed by atoms with Crippen LogP contribution < -0.4 is 0 Å². The molecule has 3 N–H and O–H groups in total. The average molecular weight is 687 g/mol. The second-order valence-electron chi connectivity index (χ2n) is 13.0. The molecule has 0 aromatic heterocycles. The first-order valence-electron chi connectivity index (χ1n) is 19.1. The molecule has 0 spiro atoms. The highest BCUT2D eigenvalue weighted by atomic mass is 16.6.